The van der Waals surface area contributed by atoms with E-state index in [0.29, 0.717) is 11.8 Å². The number of hydrogen-bond acceptors (Lipinski definition) is 3. The predicted octanol–water partition coefficient (Wildman–Crippen LogP) is 2.02. The summed E-state index contributed by atoms with van der Waals surface area (Å²) >= 11 is 0. The zero-order valence-electron chi connectivity index (χ0n) is 11.1. The van der Waals surface area contributed by atoms with Crippen LogP contribution in [-0.2, 0) is 6.42 Å². The van der Waals surface area contributed by atoms with Gasteiger partial charge in [0.1, 0.15) is 5.75 Å². The van der Waals surface area contributed by atoms with E-state index in [1.165, 1.54) is 50.3 Å². The number of benzene rings is 1. The van der Waals surface area contributed by atoms with Crippen LogP contribution in [0.3, 0.4) is 0 Å². The van der Waals surface area contributed by atoms with Crippen LogP contribution in [0.25, 0.3) is 0 Å². The number of phenols is 1. The zero-order valence-corrected chi connectivity index (χ0v) is 11.1. The maximum Gasteiger partial charge on any atom is 0.115 e. The summed E-state index contributed by atoms with van der Waals surface area (Å²) in [6.45, 7) is 8.16. The Bertz CT molecular complexity index is 425. The van der Waals surface area contributed by atoms with E-state index in [9.17, 15) is 5.11 Å². The van der Waals surface area contributed by atoms with Gasteiger partial charge in [0.05, 0.1) is 0 Å². The lowest BCUT2D eigenvalue weighted by atomic mass is 10.1. The van der Waals surface area contributed by atoms with Crippen molar-refractivity contribution in [3.8, 4) is 5.75 Å². The molecule has 3 rings (SSSR count). The molecule has 0 amide bonds. The molecular formula is C15H22N2O. The molecule has 3 nitrogen and oxygen atoms in total. The first-order valence-electron chi connectivity index (χ1n) is 7.06. The fourth-order valence-corrected chi connectivity index (χ4v) is 3.35. The average Bonchev–Trinajstić information content (AvgIpc) is 2.81. The summed E-state index contributed by atoms with van der Waals surface area (Å²) in [5.41, 5.74) is 2.79. The maximum atomic E-state index is 9.54. The van der Waals surface area contributed by atoms with Crippen molar-refractivity contribution in [2.45, 2.75) is 25.8 Å². The lowest BCUT2D eigenvalue weighted by Gasteiger charge is -2.38. The third-order valence-corrected chi connectivity index (χ3v) is 4.47. The summed E-state index contributed by atoms with van der Waals surface area (Å²) in [7, 11) is 0. The first-order valence-corrected chi connectivity index (χ1v) is 7.06. The zero-order chi connectivity index (χ0) is 12.5. The van der Waals surface area contributed by atoms with Crippen LogP contribution in [0.15, 0.2) is 18.2 Å². The van der Waals surface area contributed by atoms with Gasteiger partial charge in [-0.05, 0) is 42.6 Å². The van der Waals surface area contributed by atoms with Crippen LogP contribution in [0, 0.1) is 0 Å². The number of aryl methyl sites for hydroxylation is 1. The van der Waals surface area contributed by atoms with Crippen LogP contribution in [0.4, 0.5) is 0 Å². The highest BCUT2D eigenvalue weighted by molar-refractivity contribution is 5.40. The monoisotopic (exact) mass is 246 g/mol. The van der Waals surface area contributed by atoms with Crippen LogP contribution < -0.4 is 0 Å². The van der Waals surface area contributed by atoms with Crippen molar-refractivity contribution in [3.05, 3.63) is 29.3 Å². The molecule has 1 aliphatic carbocycles. The number of likely N-dealkylation sites (N-methyl/N-ethyl adjacent to an activating group) is 1. The molecule has 1 atom stereocenters. The summed E-state index contributed by atoms with van der Waals surface area (Å²) in [5.74, 6) is 0.408. The number of nitrogens with zero attached hydrogens (tertiary/aromatic N) is 2. The molecule has 2 aliphatic rings. The van der Waals surface area contributed by atoms with E-state index in [2.05, 4.69) is 22.8 Å². The summed E-state index contributed by atoms with van der Waals surface area (Å²) in [6, 6.07) is 6.48. The topological polar surface area (TPSA) is 26.7 Å². The Morgan fingerprint density at radius 3 is 2.72 bits per heavy atom. The average molecular weight is 246 g/mol. The summed E-state index contributed by atoms with van der Waals surface area (Å²) in [5, 5.41) is 9.54. The molecule has 0 spiro atoms. The second-order valence-electron chi connectivity index (χ2n) is 5.41. The number of fused-ring (bicyclic) bond motifs is 1. The van der Waals surface area contributed by atoms with Crippen LogP contribution in [-0.4, -0.2) is 47.6 Å². The van der Waals surface area contributed by atoms with Gasteiger partial charge in [-0.25, -0.2) is 0 Å². The first-order chi connectivity index (χ1) is 8.78. The normalized spacial score (nSPS) is 25.3. The van der Waals surface area contributed by atoms with Gasteiger partial charge in [0.15, 0.2) is 0 Å². The predicted molar refractivity (Wildman–Crippen MR) is 72.9 cm³/mol. The molecule has 0 aromatic heterocycles. The summed E-state index contributed by atoms with van der Waals surface area (Å²) < 4.78 is 0. The van der Waals surface area contributed by atoms with Gasteiger partial charge in [0, 0.05) is 32.2 Å². The Kier molecular flexibility index (Phi) is 3.27. The molecule has 1 fully saturated rings. The van der Waals surface area contributed by atoms with E-state index in [1.807, 2.05) is 12.1 Å². The van der Waals surface area contributed by atoms with Crippen molar-refractivity contribution in [1.29, 1.82) is 0 Å². The number of piperazine rings is 1. The van der Waals surface area contributed by atoms with Crippen molar-refractivity contribution in [3.63, 3.8) is 0 Å². The molecule has 1 aliphatic heterocycles. The summed E-state index contributed by atoms with van der Waals surface area (Å²) in [6.07, 6.45) is 2.33. The number of hydrogen-bond donors (Lipinski definition) is 1. The largest absolute Gasteiger partial charge is 0.508 e. The molecule has 1 aromatic rings. The molecule has 1 aromatic carbocycles. The van der Waals surface area contributed by atoms with E-state index >= 15 is 0 Å². The van der Waals surface area contributed by atoms with Gasteiger partial charge < -0.3 is 10.0 Å². The van der Waals surface area contributed by atoms with Crippen LogP contribution in [0.2, 0.25) is 0 Å². The van der Waals surface area contributed by atoms with Gasteiger partial charge in [-0.15, -0.1) is 0 Å². The molecular weight excluding hydrogens is 224 g/mol. The minimum atomic E-state index is 0.408. The van der Waals surface area contributed by atoms with Crippen molar-refractivity contribution in [2.24, 2.45) is 0 Å². The second-order valence-corrected chi connectivity index (χ2v) is 5.41. The Morgan fingerprint density at radius 1 is 1.22 bits per heavy atom. The van der Waals surface area contributed by atoms with E-state index in [4.69, 9.17) is 0 Å². The van der Waals surface area contributed by atoms with Crippen molar-refractivity contribution in [2.75, 3.05) is 32.7 Å². The second kappa shape index (κ2) is 4.90. The molecule has 3 heteroatoms. The van der Waals surface area contributed by atoms with Gasteiger partial charge >= 0.3 is 0 Å². The lowest BCUT2D eigenvalue weighted by molar-refractivity contribution is 0.0994. The number of rotatable bonds is 2. The molecule has 1 saturated heterocycles. The van der Waals surface area contributed by atoms with Gasteiger partial charge in [0.25, 0.3) is 0 Å². The van der Waals surface area contributed by atoms with Crippen molar-refractivity contribution in [1.82, 2.24) is 9.80 Å². The van der Waals surface area contributed by atoms with Crippen LogP contribution in [0.1, 0.15) is 30.5 Å². The first kappa shape index (κ1) is 12.0. The Hall–Kier alpha value is -1.06. The van der Waals surface area contributed by atoms with Gasteiger partial charge in [-0.3, -0.25) is 4.90 Å². The Labute approximate surface area is 109 Å². The Morgan fingerprint density at radius 2 is 2.00 bits per heavy atom. The number of phenolic OH excluding ortho intramolecular Hbond substituents is 1. The maximum absolute atomic E-state index is 9.54. The van der Waals surface area contributed by atoms with Crippen molar-refractivity contribution < 1.29 is 5.11 Å². The molecule has 98 valence electrons. The summed E-state index contributed by atoms with van der Waals surface area (Å²) in [4.78, 5) is 5.14. The van der Waals surface area contributed by atoms with Gasteiger partial charge in [-0.1, -0.05) is 13.0 Å². The minimum absolute atomic E-state index is 0.408. The fraction of sp³-hybridized carbons (Fsp3) is 0.600. The van der Waals surface area contributed by atoms with E-state index in [1.54, 1.807) is 0 Å². The van der Waals surface area contributed by atoms with Gasteiger partial charge in [0.2, 0.25) is 0 Å². The molecule has 1 unspecified atom stereocenters. The SMILES string of the molecule is CCN1CCN(C2CCc3cc(O)ccc32)CC1. The van der Waals surface area contributed by atoms with E-state index < -0.39 is 0 Å². The highest BCUT2D eigenvalue weighted by Crippen LogP contribution is 2.37. The standard InChI is InChI=1S/C15H22N2O/c1-2-16-7-9-17(10-8-16)15-6-3-12-11-13(18)4-5-14(12)15/h4-5,11,15,18H,2-3,6-10H2,1H3. The molecule has 0 radical (unpaired) electrons. The van der Waals surface area contributed by atoms with Crippen LogP contribution in [0.5, 0.6) is 5.75 Å². The van der Waals surface area contributed by atoms with E-state index in [0.717, 1.165) is 6.42 Å². The van der Waals surface area contributed by atoms with Gasteiger partial charge in [-0.2, -0.15) is 0 Å². The third kappa shape index (κ3) is 2.13. The minimum Gasteiger partial charge on any atom is -0.508 e. The quantitative estimate of drug-likeness (QED) is 0.865. The highest BCUT2D eigenvalue weighted by Gasteiger charge is 2.29. The highest BCUT2D eigenvalue weighted by atomic mass is 16.3. The third-order valence-electron chi connectivity index (χ3n) is 4.47. The molecule has 0 bridgehead atoms. The Balaban J connectivity index is 1.73. The molecule has 1 heterocycles. The lowest BCUT2D eigenvalue weighted by Crippen LogP contribution is -2.47. The smallest absolute Gasteiger partial charge is 0.115 e. The van der Waals surface area contributed by atoms with E-state index in [-0.39, 0.29) is 0 Å². The van der Waals surface area contributed by atoms with Crippen LogP contribution >= 0.6 is 0 Å². The van der Waals surface area contributed by atoms with Crippen molar-refractivity contribution >= 4 is 0 Å². The number of aromatic hydroxyl groups is 1. The molecule has 0 saturated carbocycles. The molecule has 1 N–H and O–H groups in total. The molecule has 18 heavy (non-hydrogen) atoms. The fourth-order valence-electron chi connectivity index (χ4n) is 3.35.